The standard InChI is InChI=1S/C18H21BrOS/c1-5-21-11-15-8-9-17(16(19)10-15)20-18-13(3)7-6-12(2)14(18)4/h6-10H,5,11H2,1-4H3. The van der Waals surface area contributed by atoms with Crippen LogP contribution in [0.4, 0.5) is 0 Å². The van der Waals surface area contributed by atoms with Gasteiger partial charge in [-0.1, -0.05) is 25.1 Å². The van der Waals surface area contributed by atoms with Gasteiger partial charge in [0.25, 0.3) is 0 Å². The van der Waals surface area contributed by atoms with Crippen molar-refractivity contribution in [1.29, 1.82) is 0 Å². The minimum Gasteiger partial charge on any atom is -0.456 e. The van der Waals surface area contributed by atoms with Crippen LogP contribution >= 0.6 is 27.7 Å². The lowest BCUT2D eigenvalue weighted by molar-refractivity contribution is 0.471. The third-order valence-electron chi connectivity index (χ3n) is 3.55. The first-order chi connectivity index (χ1) is 10.0. The minimum absolute atomic E-state index is 0.872. The molecular weight excluding hydrogens is 344 g/mol. The number of halogens is 1. The quantitative estimate of drug-likeness (QED) is 0.605. The first-order valence-electron chi connectivity index (χ1n) is 7.13. The summed E-state index contributed by atoms with van der Waals surface area (Å²) >= 11 is 5.55. The Hall–Kier alpha value is -0.930. The van der Waals surface area contributed by atoms with Crippen LogP contribution in [-0.4, -0.2) is 5.75 Å². The number of hydrogen-bond acceptors (Lipinski definition) is 2. The van der Waals surface area contributed by atoms with Crippen molar-refractivity contribution in [3.8, 4) is 11.5 Å². The van der Waals surface area contributed by atoms with Crippen LogP contribution in [0.25, 0.3) is 0 Å². The Bertz CT molecular complexity index is 637. The highest BCUT2D eigenvalue weighted by molar-refractivity contribution is 9.10. The van der Waals surface area contributed by atoms with Crippen molar-refractivity contribution in [2.24, 2.45) is 0 Å². The Morgan fingerprint density at radius 2 is 1.76 bits per heavy atom. The Labute approximate surface area is 140 Å². The van der Waals surface area contributed by atoms with Gasteiger partial charge in [0.2, 0.25) is 0 Å². The molecule has 0 amide bonds. The van der Waals surface area contributed by atoms with E-state index in [1.807, 2.05) is 11.8 Å². The van der Waals surface area contributed by atoms with Gasteiger partial charge in [-0.15, -0.1) is 0 Å². The van der Waals surface area contributed by atoms with Crippen LogP contribution in [0.1, 0.15) is 29.2 Å². The van der Waals surface area contributed by atoms with E-state index in [1.54, 1.807) is 0 Å². The Balaban J connectivity index is 2.26. The lowest BCUT2D eigenvalue weighted by atomic mass is 10.1. The molecule has 2 rings (SSSR count). The highest BCUT2D eigenvalue weighted by atomic mass is 79.9. The van der Waals surface area contributed by atoms with E-state index in [0.29, 0.717) is 0 Å². The molecule has 112 valence electrons. The molecule has 0 fully saturated rings. The fraction of sp³-hybridized carbons (Fsp3) is 0.333. The molecule has 0 aliphatic heterocycles. The highest BCUT2D eigenvalue weighted by Gasteiger charge is 2.10. The summed E-state index contributed by atoms with van der Waals surface area (Å²) in [5.74, 6) is 4.01. The molecule has 0 radical (unpaired) electrons. The summed E-state index contributed by atoms with van der Waals surface area (Å²) in [5, 5.41) is 0. The fourth-order valence-corrected chi connectivity index (χ4v) is 3.26. The molecule has 0 atom stereocenters. The molecule has 0 saturated carbocycles. The third kappa shape index (κ3) is 4.04. The monoisotopic (exact) mass is 364 g/mol. The summed E-state index contributed by atoms with van der Waals surface area (Å²) < 4.78 is 7.17. The molecule has 2 aromatic carbocycles. The minimum atomic E-state index is 0.872. The van der Waals surface area contributed by atoms with Crippen LogP contribution in [0, 0.1) is 20.8 Å². The van der Waals surface area contributed by atoms with Gasteiger partial charge in [-0.3, -0.25) is 0 Å². The molecular formula is C18H21BrOS. The molecule has 0 unspecified atom stereocenters. The third-order valence-corrected chi connectivity index (χ3v) is 5.12. The Kier molecular flexibility index (Phi) is 5.77. The van der Waals surface area contributed by atoms with Gasteiger partial charge in [0, 0.05) is 5.75 Å². The molecule has 1 nitrogen and oxygen atoms in total. The predicted molar refractivity (Wildman–Crippen MR) is 96.7 cm³/mol. The Morgan fingerprint density at radius 3 is 2.43 bits per heavy atom. The maximum atomic E-state index is 6.16. The van der Waals surface area contributed by atoms with E-state index in [-0.39, 0.29) is 0 Å². The van der Waals surface area contributed by atoms with Crippen molar-refractivity contribution in [2.75, 3.05) is 5.75 Å². The summed E-state index contributed by atoms with van der Waals surface area (Å²) in [6, 6.07) is 10.6. The van der Waals surface area contributed by atoms with Crippen LogP contribution in [0.5, 0.6) is 11.5 Å². The van der Waals surface area contributed by atoms with E-state index in [4.69, 9.17) is 4.74 Å². The summed E-state index contributed by atoms with van der Waals surface area (Å²) in [7, 11) is 0. The lowest BCUT2D eigenvalue weighted by Gasteiger charge is -2.15. The van der Waals surface area contributed by atoms with Gasteiger partial charge in [-0.2, -0.15) is 11.8 Å². The number of thioether (sulfide) groups is 1. The molecule has 0 aromatic heterocycles. The van der Waals surface area contributed by atoms with Crippen molar-refractivity contribution >= 4 is 27.7 Å². The maximum absolute atomic E-state index is 6.16. The lowest BCUT2D eigenvalue weighted by Crippen LogP contribution is -1.94. The van der Waals surface area contributed by atoms with Gasteiger partial charge in [-0.25, -0.2) is 0 Å². The second kappa shape index (κ2) is 7.37. The van der Waals surface area contributed by atoms with E-state index >= 15 is 0 Å². The second-order valence-corrected chi connectivity index (χ2v) is 7.29. The summed E-state index contributed by atoms with van der Waals surface area (Å²) in [6.07, 6.45) is 0. The number of rotatable bonds is 5. The average Bonchev–Trinajstić information content (AvgIpc) is 2.47. The smallest absolute Gasteiger partial charge is 0.141 e. The summed E-state index contributed by atoms with van der Waals surface area (Å²) in [6.45, 7) is 8.49. The SMILES string of the molecule is CCSCc1ccc(Oc2c(C)ccc(C)c2C)c(Br)c1. The zero-order valence-electron chi connectivity index (χ0n) is 13.0. The van der Waals surface area contributed by atoms with Crippen molar-refractivity contribution in [1.82, 2.24) is 0 Å². The first kappa shape index (κ1) is 16.4. The molecule has 0 bridgehead atoms. The molecule has 2 aromatic rings. The van der Waals surface area contributed by atoms with Crippen LogP contribution in [0.2, 0.25) is 0 Å². The Morgan fingerprint density at radius 1 is 1.05 bits per heavy atom. The van der Waals surface area contributed by atoms with Gasteiger partial charge in [0.1, 0.15) is 11.5 Å². The van der Waals surface area contributed by atoms with Crippen molar-refractivity contribution in [3.05, 3.63) is 57.1 Å². The number of benzene rings is 2. The topological polar surface area (TPSA) is 9.23 Å². The molecule has 21 heavy (non-hydrogen) atoms. The fourth-order valence-electron chi connectivity index (χ4n) is 2.13. The molecule has 0 heterocycles. The van der Waals surface area contributed by atoms with E-state index in [0.717, 1.165) is 33.0 Å². The van der Waals surface area contributed by atoms with Gasteiger partial charge >= 0.3 is 0 Å². The highest BCUT2D eigenvalue weighted by Crippen LogP contribution is 2.35. The normalized spacial score (nSPS) is 10.7. The largest absolute Gasteiger partial charge is 0.456 e. The van der Waals surface area contributed by atoms with Gasteiger partial charge in [-0.05, 0) is 76.8 Å². The second-order valence-electron chi connectivity index (χ2n) is 5.16. The zero-order chi connectivity index (χ0) is 15.4. The van der Waals surface area contributed by atoms with Gasteiger partial charge < -0.3 is 4.74 Å². The molecule has 0 aliphatic rings. The van der Waals surface area contributed by atoms with Crippen molar-refractivity contribution in [2.45, 2.75) is 33.4 Å². The van der Waals surface area contributed by atoms with Crippen LogP contribution in [-0.2, 0) is 5.75 Å². The zero-order valence-corrected chi connectivity index (χ0v) is 15.4. The molecule has 0 N–H and O–H groups in total. The van der Waals surface area contributed by atoms with Crippen LogP contribution in [0.15, 0.2) is 34.8 Å². The molecule has 0 aliphatic carbocycles. The van der Waals surface area contributed by atoms with E-state index in [9.17, 15) is 0 Å². The molecule has 3 heteroatoms. The maximum Gasteiger partial charge on any atom is 0.141 e. The van der Waals surface area contributed by atoms with Crippen molar-refractivity contribution < 1.29 is 4.74 Å². The van der Waals surface area contributed by atoms with E-state index < -0.39 is 0 Å². The van der Waals surface area contributed by atoms with Crippen LogP contribution < -0.4 is 4.74 Å². The van der Waals surface area contributed by atoms with E-state index in [1.165, 1.54) is 16.7 Å². The van der Waals surface area contributed by atoms with E-state index in [2.05, 4.69) is 74.0 Å². The number of ether oxygens (including phenoxy) is 1. The van der Waals surface area contributed by atoms with Crippen molar-refractivity contribution in [3.63, 3.8) is 0 Å². The molecule has 0 saturated heterocycles. The van der Waals surface area contributed by atoms with Crippen LogP contribution in [0.3, 0.4) is 0 Å². The van der Waals surface area contributed by atoms with Gasteiger partial charge in [0.05, 0.1) is 4.47 Å². The number of hydrogen-bond donors (Lipinski definition) is 0. The average molecular weight is 365 g/mol. The predicted octanol–water partition coefficient (Wildman–Crippen LogP) is 6.42. The number of aryl methyl sites for hydroxylation is 2. The summed E-state index contributed by atoms with van der Waals surface area (Å²) in [5.41, 5.74) is 4.93. The van der Waals surface area contributed by atoms with Gasteiger partial charge in [0.15, 0.2) is 0 Å². The molecule has 0 spiro atoms. The first-order valence-corrected chi connectivity index (χ1v) is 9.08. The summed E-state index contributed by atoms with van der Waals surface area (Å²) in [4.78, 5) is 0.